The molecule has 0 bridgehead atoms. The van der Waals surface area contributed by atoms with Gasteiger partial charge in [-0.05, 0) is 57.9 Å². The summed E-state index contributed by atoms with van der Waals surface area (Å²) in [6.07, 6.45) is 0.150. The largest absolute Gasteiger partial charge is 0.494 e. The summed E-state index contributed by atoms with van der Waals surface area (Å²) in [6, 6.07) is 6.44. The smallest absolute Gasteiger partial charge is 0.408 e. The number of carbonyl (C=O) groups is 2. The quantitative estimate of drug-likeness (QED) is 0.780. The van der Waals surface area contributed by atoms with Crippen LogP contribution in [-0.4, -0.2) is 30.3 Å². The average molecular weight is 350 g/mol. The van der Waals surface area contributed by atoms with Crippen molar-refractivity contribution in [3.63, 3.8) is 0 Å². The first-order valence-electron chi connectivity index (χ1n) is 8.69. The summed E-state index contributed by atoms with van der Waals surface area (Å²) in [5.41, 5.74) is 0.0307. The predicted octanol–water partition coefficient (Wildman–Crippen LogP) is 3.96. The Kier molecular flexibility index (Phi) is 7.74. The van der Waals surface area contributed by atoms with Crippen LogP contribution in [0.3, 0.4) is 0 Å². The topological polar surface area (TPSA) is 76.7 Å². The normalized spacial score (nSPS) is 13.5. The van der Waals surface area contributed by atoms with Crippen molar-refractivity contribution >= 4 is 17.7 Å². The molecule has 0 spiro atoms. The third-order valence-corrected chi connectivity index (χ3v) is 3.60. The standard InChI is InChI=1S/C19H30N2O4/c1-7-13(3)16(21-18(23)25-19(4,5)6)17(22)20-14-9-11-15(12-10-14)24-8-2/h9-13,16H,7-8H2,1-6H3,(H,20,22)(H,21,23). The Balaban J connectivity index is 2.77. The van der Waals surface area contributed by atoms with E-state index in [2.05, 4.69) is 10.6 Å². The van der Waals surface area contributed by atoms with Crippen LogP contribution in [0.25, 0.3) is 0 Å². The molecular formula is C19H30N2O4. The van der Waals surface area contributed by atoms with Gasteiger partial charge >= 0.3 is 6.09 Å². The third-order valence-electron chi connectivity index (χ3n) is 3.60. The molecule has 0 saturated carbocycles. The van der Waals surface area contributed by atoms with E-state index in [0.717, 1.165) is 12.2 Å². The van der Waals surface area contributed by atoms with Crippen molar-refractivity contribution in [1.29, 1.82) is 0 Å². The highest BCUT2D eigenvalue weighted by Crippen LogP contribution is 2.17. The van der Waals surface area contributed by atoms with Gasteiger partial charge < -0.3 is 20.1 Å². The molecule has 2 amide bonds. The molecule has 0 fully saturated rings. The van der Waals surface area contributed by atoms with E-state index in [1.807, 2.05) is 20.8 Å². The molecule has 6 heteroatoms. The number of anilines is 1. The van der Waals surface area contributed by atoms with E-state index >= 15 is 0 Å². The number of ether oxygens (including phenoxy) is 2. The summed E-state index contributed by atoms with van der Waals surface area (Å²) >= 11 is 0. The first-order valence-corrected chi connectivity index (χ1v) is 8.69. The zero-order chi connectivity index (χ0) is 19.0. The zero-order valence-electron chi connectivity index (χ0n) is 16.0. The van der Waals surface area contributed by atoms with Gasteiger partial charge in [0.15, 0.2) is 0 Å². The van der Waals surface area contributed by atoms with Gasteiger partial charge in [0.2, 0.25) is 5.91 Å². The molecule has 0 saturated heterocycles. The predicted molar refractivity (Wildman–Crippen MR) is 98.9 cm³/mol. The van der Waals surface area contributed by atoms with Crippen LogP contribution >= 0.6 is 0 Å². The van der Waals surface area contributed by atoms with E-state index in [1.165, 1.54) is 0 Å². The van der Waals surface area contributed by atoms with Crippen LogP contribution in [0.2, 0.25) is 0 Å². The first-order chi connectivity index (χ1) is 11.7. The highest BCUT2D eigenvalue weighted by atomic mass is 16.6. The molecule has 1 rings (SSSR count). The van der Waals surface area contributed by atoms with Crippen molar-refractivity contribution in [2.24, 2.45) is 5.92 Å². The van der Waals surface area contributed by atoms with Crippen molar-refractivity contribution in [2.45, 2.75) is 59.6 Å². The molecule has 140 valence electrons. The number of alkyl carbamates (subject to hydrolysis) is 1. The molecule has 0 radical (unpaired) electrons. The Bertz CT molecular complexity index is 564. The van der Waals surface area contributed by atoms with Gasteiger partial charge in [0.05, 0.1) is 6.61 Å². The summed E-state index contributed by atoms with van der Waals surface area (Å²) in [7, 11) is 0. The molecule has 6 nitrogen and oxygen atoms in total. The lowest BCUT2D eigenvalue weighted by atomic mass is 9.98. The van der Waals surface area contributed by atoms with Gasteiger partial charge in [-0.2, -0.15) is 0 Å². The fourth-order valence-corrected chi connectivity index (χ4v) is 2.16. The van der Waals surface area contributed by atoms with E-state index in [0.29, 0.717) is 12.3 Å². The second-order valence-corrected chi connectivity index (χ2v) is 6.96. The molecular weight excluding hydrogens is 320 g/mol. The Hall–Kier alpha value is -2.24. The molecule has 2 atom stereocenters. The Morgan fingerprint density at radius 1 is 1.12 bits per heavy atom. The molecule has 0 aliphatic carbocycles. The van der Waals surface area contributed by atoms with Crippen molar-refractivity contribution in [1.82, 2.24) is 5.32 Å². The van der Waals surface area contributed by atoms with Gasteiger partial charge in [-0.1, -0.05) is 20.3 Å². The number of carbonyl (C=O) groups excluding carboxylic acids is 2. The average Bonchev–Trinajstić information content (AvgIpc) is 2.52. The van der Waals surface area contributed by atoms with E-state index < -0.39 is 17.7 Å². The fourth-order valence-electron chi connectivity index (χ4n) is 2.16. The molecule has 1 aromatic carbocycles. The van der Waals surface area contributed by atoms with E-state index in [-0.39, 0.29) is 11.8 Å². The lowest BCUT2D eigenvalue weighted by molar-refractivity contribution is -0.119. The van der Waals surface area contributed by atoms with Crippen LogP contribution in [0.4, 0.5) is 10.5 Å². The van der Waals surface area contributed by atoms with Crippen LogP contribution in [0.15, 0.2) is 24.3 Å². The van der Waals surface area contributed by atoms with Gasteiger partial charge in [-0.3, -0.25) is 4.79 Å². The summed E-state index contributed by atoms with van der Waals surface area (Å²) in [4.78, 5) is 24.6. The minimum Gasteiger partial charge on any atom is -0.494 e. The van der Waals surface area contributed by atoms with Gasteiger partial charge in [-0.15, -0.1) is 0 Å². The Labute approximate surface area is 150 Å². The lowest BCUT2D eigenvalue weighted by Gasteiger charge is -2.26. The maximum absolute atomic E-state index is 12.6. The molecule has 25 heavy (non-hydrogen) atoms. The maximum Gasteiger partial charge on any atom is 0.408 e. The van der Waals surface area contributed by atoms with Crippen LogP contribution in [0.5, 0.6) is 5.75 Å². The highest BCUT2D eigenvalue weighted by molar-refractivity contribution is 5.96. The summed E-state index contributed by atoms with van der Waals surface area (Å²) < 4.78 is 10.6. The maximum atomic E-state index is 12.6. The minimum atomic E-state index is -0.675. The van der Waals surface area contributed by atoms with Crippen molar-refractivity contribution in [3.05, 3.63) is 24.3 Å². The van der Waals surface area contributed by atoms with Crippen LogP contribution < -0.4 is 15.4 Å². The van der Waals surface area contributed by atoms with E-state index in [9.17, 15) is 9.59 Å². The van der Waals surface area contributed by atoms with Crippen LogP contribution in [-0.2, 0) is 9.53 Å². The minimum absolute atomic E-state index is 0.0322. The second-order valence-electron chi connectivity index (χ2n) is 6.96. The molecule has 0 aromatic heterocycles. The molecule has 0 aliphatic heterocycles. The van der Waals surface area contributed by atoms with Crippen molar-refractivity contribution in [2.75, 3.05) is 11.9 Å². The third kappa shape index (κ3) is 7.45. The number of hydrogen-bond donors (Lipinski definition) is 2. The number of amides is 2. The summed E-state index contributed by atoms with van der Waals surface area (Å²) in [5.74, 6) is 0.436. The summed E-state index contributed by atoms with van der Waals surface area (Å²) in [6.45, 7) is 11.7. The Morgan fingerprint density at radius 3 is 2.20 bits per heavy atom. The molecule has 0 aliphatic rings. The van der Waals surface area contributed by atoms with Crippen LogP contribution in [0, 0.1) is 5.92 Å². The molecule has 1 aromatic rings. The number of benzene rings is 1. The highest BCUT2D eigenvalue weighted by Gasteiger charge is 2.28. The summed E-state index contributed by atoms with van der Waals surface area (Å²) in [5, 5.41) is 5.51. The number of hydrogen-bond acceptors (Lipinski definition) is 4. The number of rotatable bonds is 7. The van der Waals surface area contributed by atoms with Crippen molar-refractivity contribution < 1.29 is 19.1 Å². The molecule has 2 unspecified atom stereocenters. The Morgan fingerprint density at radius 2 is 1.72 bits per heavy atom. The van der Waals surface area contributed by atoms with Gasteiger partial charge in [0.1, 0.15) is 17.4 Å². The number of nitrogens with one attached hydrogen (secondary N) is 2. The SMILES string of the molecule is CCOc1ccc(NC(=O)C(NC(=O)OC(C)(C)C)C(C)CC)cc1. The lowest BCUT2D eigenvalue weighted by Crippen LogP contribution is -2.49. The zero-order valence-corrected chi connectivity index (χ0v) is 16.0. The van der Waals surface area contributed by atoms with Gasteiger partial charge in [-0.25, -0.2) is 4.79 Å². The van der Waals surface area contributed by atoms with Crippen LogP contribution in [0.1, 0.15) is 48.0 Å². The second kappa shape index (κ2) is 9.30. The van der Waals surface area contributed by atoms with Gasteiger partial charge in [0.25, 0.3) is 0 Å². The van der Waals surface area contributed by atoms with E-state index in [1.54, 1.807) is 45.0 Å². The van der Waals surface area contributed by atoms with E-state index in [4.69, 9.17) is 9.47 Å². The van der Waals surface area contributed by atoms with Gasteiger partial charge in [0, 0.05) is 5.69 Å². The molecule has 0 heterocycles. The first kappa shape index (κ1) is 20.8. The molecule has 2 N–H and O–H groups in total. The van der Waals surface area contributed by atoms with Crippen molar-refractivity contribution in [3.8, 4) is 5.75 Å². The fraction of sp³-hybridized carbons (Fsp3) is 0.579. The monoisotopic (exact) mass is 350 g/mol.